The van der Waals surface area contributed by atoms with Gasteiger partial charge in [0.05, 0.1) is 12.2 Å². The molecule has 1 aromatic rings. The first kappa shape index (κ1) is 19.0. The molecule has 0 heterocycles. The molecule has 1 aliphatic rings. The molecule has 0 aliphatic heterocycles. The summed E-state index contributed by atoms with van der Waals surface area (Å²) in [7, 11) is 0. The van der Waals surface area contributed by atoms with Crippen LogP contribution in [0.1, 0.15) is 56.3 Å². The van der Waals surface area contributed by atoms with Crippen LogP contribution in [-0.4, -0.2) is 41.9 Å². The summed E-state index contributed by atoms with van der Waals surface area (Å²) in [6.45, 7) is 3.63. The Bertz CT molecular complexity index is 606. The lowest BCUT2D eigenvalue weighted by atomic mass is 9.94. The van der Waals surface area contributed by atoms with E-state index in [2.05, 4.69) is 5.32 Å². The average Bonchev–Trinajstić information content (AvgIpc) is 2.61. The predicted octanol–water partition coefficient (Wildman–Crippen LogP) is 2.98. The van der Waals surface area contributed by atoms with Gasteiger partial charge in [0, 0.05) is 18.7 Å². The molecule has 0 saturated heterocycles. The summed E-state index contributed by atoms with van der Waals surface area (Å²) >= 11 is 0. The standard InChI is InChI=1S/C19H26N2O4/c1-3-25-19(24)15-9-11-16(12-10-15)20-18(23)13-21(14(2)22)17-7-5-4-6-8-17/h9-12,17H,3-8,13H2,1-2H3,(H,20,23). The molecule has 0 radical (unpaired) electrons. The van der Waals surface area contributed by atoms with Crippen LogP contribution in [0.25, 0.3) is 0 Å². The number of anilines is 1. The third kappa shape index (κ3) is 5.59. The van der Waals surface area contributed by atoms with Crippen molar-refractivity contribution >= 4 is 23.5 Å². The maximum absolute atomic E-state index is 12.3. The molecule has 1 saturated carbocycles. The normalized spacial score (nSPS) is 14.6. The van der Waals surface area contributed by atoms with Crippen LogP contribution in [0.2, 0.25) is 0 Å². The number of esters is 1. The quantitative estimate of drug-likeness (QED) is 0.804. The molecule has 2 amide bonds. The molecule has 1 aliphatic carbocycles. The summed E-state index contributed by atoms with van der Waals surface area (Å²) in [5.74, 6) is -0.690. The first-order valence-corrected chi connectivity index (χ1v) is 8.85. The average molecular weight is 346 g/mol. The Labute approximate surface area is 148 Å². The van der Waals surface area contributed by atoms with Gasteiger partial charge < -0.3 is 15.0 Å². The van der Waals surface area contributed by atoms with Gasteiger partial charge in [0.2, 0.25) is 11.8 Å². The first-order valence-electron chi connectivity index (χ1n) is 8.85. The number of nitrogens with one attached hydrogen (secondary N) is 1. The minimum atomic E-state index is -0.388. The highest BCUT2D eigenvalue weighted by Crippen LogP contribution is 2.22. The molecule has 2 rings (SSSR count). The number of ether oxygens (including phenoxy) is 1. The highest BCUT2D eigenvalue weighted by atomic mass is 16.5. The van der Waals surface area contributed by atoms with Gasteiger partial charge in [-0.2, -0.15) is 0 Å². The molecule has 1 fully saturated rings. The molecule has 0 bridgehead atoms. The molecular weight excluding hydrogens is 320 g/mol. The van der Waals surface area contributed by atoms with E-state index in [1.807, 2.05) is 0 Å². The Morgan fingerprint density at radius 3 is 2.32 bits per heavy atom. The van der Waals surface area contributed by atoms with Gasteiger partial charge in [0.1, 0.15) is 6.54 Å². The fourth-order valence-electron chi connectivity index (χ4n) is 3.15. The number of amides is 2. The molecule has 0 spiro atoms. The highest BCUT2D eigenvalue weighted by Gasteiger charge is 2.25. The van der Waals surface area contributed by atoms with Crippen molar-refractivity contribution in [1.29, 1.82) is 0 Å². The van der Waals surface area contributed by atoms with Gasteiger partial charge in [0.25, 0.3) is 0 Å². The second kappa shape index (κ2) is 9.20. The zero-order chi connectivity index (χ0) is 18.2. The fraction of sp³-hybridized carbons (Fsp3) is 0.526. The molecular formula is C19H26N2O4. The van der Waals surface area contributed by atoms with Crippen molar-refractivity contribution in [2.75, 3.05) is 18.5 Å². The molecule has 6 heteroatoms. The lowest BCUT2D eigenvalue weighted by Crippen LogP contribution is -2.44. The minimum absolute atomic E-state index is 0.0552. The first-order chi connectivity index (χ1) is 12.0. The van der Waals surface area contributed by atoms with Crippen molar-refractivity contribution in [3.63, 3.8) is 0 Å². The summed E-state index contributed by atoms with van der Waals surface area (Å²) in [5.41, 5.74) is 1.03. The molecule has 0 atom stereocenters. The Kier molecular flexibility index (Phi) is 6.98. The molecule has 1 N–H and O–H groups in total. The lowest BCUT2D eigenvalue weighted by Gasteiger charge is -2.33. The highest BCUT2D eigenvalue weighted by molar-refractivity contribution is 5.95. The Morgan fingerprint density at radius 1 is 1.12 bits per heavy atom. The summed E-state index contributed by atoms with van der Waals surface area (Å²) in [5, 5.41) is 2.78. The van der Waals surface area contributed by atoms with Crippen LogP contribution in [0.3, 0.4) is 0 Å². The van der Waals surface area contributed by atoms with Crippen LogP contribution in [0.15, 0.2) is 24.3 Å². The largest absolute Gasteiger partial charge is 0.462 e. The smallest absolute Gasteiger partial charge is 0.338 e. The zero-order valence-electron chi connectivity index (χ0n) is 14.9. The van der Waals surface area contributed by atoms with E-state index < -0.39 is 0 Å². The van der Waals surface area contributed by atoms with Gasteiger partial charge in [0.15, 0.2) is 0 Å². The molecule has 1 aromatic carbocycles. The Balaban J connectivity index is 1.93. The van der Waals surface area contributed by atoms with Gasteiger partial charge in [-0.05, 0) is 44.0 Å². The van der Waals surface area contributed by atoms with Crippen molar-refractivity contribution in [1.82, 2.24) is 4.90 Å². The van der Waals surface area contributed by atoms with Gasteiger partial charge >= 0.3 is 5.97 Å². The number of hydrogen-bond acceptors (Lipinski definition) is 4. The maximum atomic E-state index is 12.3. The predicted molar refractivity (Wildman–Crippen MR) is 95.3 cm³/mol. The van der Waals surface area contributed by atoms with Crippen molar-refractivity contribution in [2.24, 2.45) is 0 Å². The molecule has 136 valence electrons. The lowest BCUT2D eigenvalue weighted by molar-refractivity contribution is -0.135. The summed E-state index contributed by atoms with van der Waals surface area (Å²) in [4.78, 5) is 37.5. The summed E-state index contributed by atoms with van der Waals surface area (Å²) < 4.78 is 4.92. The Hall–Kier alpha value is -2.37. The van der Waals surface area contributed by atoms with Gasteiger partial charge in [-0.25, -0.2) is 4.79 Å². The number of nitrogens with zero attached hydrogens (tertiary/aromatic N) is 1. The van der Waals surface area contributed by atoms with Crippen molar-refractivity contribution in [2.45, 2.75) is 52.0 Å². The molecule has 25 heavy (non-hydrogen) atoms. The number of rotatable bonds is 6. The van der Waals surface area contributed by atoms with E-state index in [1.165, 1.54) is 13.3 Å². The van der Waals surface area contributed by atoms with E-state index in [0.717, 1.165) is 25.7 Å². The van der Waals surface area contributed by atoms with Crippen molar-refractivity contribution in [3.05, 3.63) is 29.8 Å². The topological polar surface area (TPSA) is 75.7 Å². The summed E-state index contributed by atoms with van der Waals surface area (Å²) in [6.07, 6.45) is 5.32. The van der Waals surface area contributed by atoms with Gasteiger partial charge in [-0.3, -0.25) is 9.59 Å². The van der Waals surface area contributed by atoms with E-state index in [0.29, 0.717) is 17.9 Å². The van der Waals surface area contributed by atoms with Crippen LogP contribution < -0.4 is 5.32 Å². The van der Waals surface area contributed by atoms with E-state index >= 15 is 0 Å². The van der Waals surface area contributed by atoms with Crippen molar-refractivity contribution < 1.29 is 19.1 Å². The van der Waals surface area contributed by atoms with E-state index in [4.69, 9.17) is 4.74 Å². The van der Waals surface area contributed by atoms with E-state index in [9.17, 15) is 14.4 Å². The van der Waals surface area contributed by atoms with Crippen molar-refractivity contribution in [3.8, 4) is 0 Å². The maximum Gasteiger partial charge on any atom is 0.338 e. The SMILES string of the molecule is CCOC(=O)c1ccc(NC(=O)CN(C(C)=O)C2CCCCC2)cc1. The third-order valence-corrected chi connectivity index (χ3v) is 4.41. The van der Waals surface area contributed by atoms with Gasteiger partial charge in [-0.1, -0.05) is 19.3 Å². The molecule has 6 nitrogen and oxygen atoms in total. The van der Waals surface area contributed by atoms with E-state index in [-0.39, 0.29) is 30.4 Å². The number of carbonyl (C=O) groups excluding carboxylic acids is 3. The molecule has 0 aromatic heterocycles. The van der Waals surface area contributed by atoms with Gasteiger partial charge in [-0.15, -0.1) is 0 Å². The fourth-order valence-corrected chi connectivity index (χ4v) is 3.15. The van der Waals surface area contributed by atoms with Crippen LogP contribution in [-0.2, 0) is 14.3 Å². The monoisotopic (exact) mass is 346 g/mol. The van der Waals surface area contributed by atoms with Crippen LogP contribution >= 0.6 is 0 Å². The zero-order valence-corrected chi connectivity index (χ0v) is 14.9. The van der Waals surface area contributed by atoms with E-state index in [1.54, 1.807) is 36.1 Å². The molecule has 0 unspecified atom stereocenters. The number of hydrogen-bond donors (Lipinski definition) is 1. The van der Waals surface area contributed by atoms with Crippen LogP contribution in [0, 0.1) is 0 Å². The third-order valence-electron chi connectivity index (χ3n) is 4.41. The number of carbonyl (C=O) groups is 3. The second-order valence-electron chi connectivity index (χ2n) is 6.28. The summed E-state index contributed by atoms with van der Waals surface area (Å²) in [6, 6.07) is 6.68. The van der Waals surface area contributed by atoms with Crippen LogP contribution in [0.4, 0.5) is 5.69 Å². The Morgan fingerprint density at radius 2 is 1.76 bits per heavy atom. The number of benzene rings is 1. The second-order valence-corrected chi connectivity index (χ2v) is 6.28. The minimum Gasteiger partial charge on any atom is -0.462 e. The van der Waals surface area contributed by atoms with Crippen LogP contribution in [0.5, 0.6) is 0 Å².